The van der Waals surface area contributed by atoms with Crippen LogP contribution in [-0.4, -0.2) is 26.9 Å². The number of phenolic OH excluding ortho intramolecular Hbond substituents is 3. The third-order valence-electron chi connectivity index (χ3n) is 3.03. The smallest absolute Gasteiger partial charge is 0.271 e. The van der Waals surface area contributed by atoms with Crippen molar-refractivity contribution in [3.8, 4) is 17.2 Å². The maximum Gasteiger partial charge on any atom is 0.271 e. The predicted molar refractivity (Wildman–Crippen MR) is 87.6 cm³/mol. The van der Waals surface area contributed by atoms with Gasteiger partial charge in [0.15, 0.2) is 11.5 Å². The molecule has 2 aromatic rings. The molecule has 120 valence electrons. The second-order valence-corrected chi connectivity index (χ2v) is 5.41. The van der Waals surface area contributed by atoms with Crippen LogP contribution in [0.1, 0.15) is 22.8 Å². The highest BCUT2D eigenvalue weighted by Crippen LogP contribution is 2.37. The van der Waals surface area contributed by atoms with Crippen molar-refractivity contribution >= 4 is 34.8 Å². The number of rotatable bonds is 3. The molecular weight excluding hydrogens is 343 g/mol. The molecule has 4 N–H and O–H groups in total. The van der Waals surface area contributed by atoms with Crippen LogP contribution in [0.15, 0.2) is 35.4 Å². The summed E-state index contributed by atoms with van der Waals surface area (Å²) < 4.78 is 0. The van der Waals surface area contributed by atoms with Crippen molar-refractivity contribution < 1.29 is 20.1 Å². The van der Waals surface area contributed by atoms with E-state index in [0.717, 1.165) is 0 Å². The van der Waals surface area contributed by atoms with Crippen LogP contribution < -0.4 is 5.43 Å². The van der Waals surface area contributed by atoms with E-state index in [2.05, 4.69) is 10.5 Å². The summed E-state index contributed by atoms with van der Waals surface area (Å²) in [4.78, 5) is 12.0. The lowest BCUT2D eigenvalue weighted by atomic mass is 10.1. The number of carbonyl (C=O) groups is 1. The summed E-state index contributed by atoms with van der Waals surface area (Å²) in [6.07, 6.45) is 0. The minimum Gasteiger partial charge on any atom is -0.504 e. The van der Waals surface area contributed by atoms with E-state index in [1.807, 2.05) is 0 Å². The molecule has 0 bridgehead atoms. The Bertz CT molecular complexity index is 806. The van der Waals surface area contributed by atoms with Gasteiger partial charge in [0.2, 0.25) is 5.75 Å². The van der Waals surface area contributed by atoms with Crippen LogP contribution in [-0.2, 0) is 0 Å². The highest BCUT2D eigenvalue weighted by atomic mass is 35.5. The Morgan fingerprint density at radius 3 is 2.39 bits per heavy atom. The topological polar surface area (TPSA) is 102 Å². The molecule has 2 aromatic carbocycles. The molecule has 0 saturated carbocycles. The van der Waals surface area contributed by atoms with Gasteiger partial charge in [-0.15, -0.1) is 0 Å². The van der Waals surface area contributed by atoms with Crippen LogP contribution in [0.5, 0.6) is 17.2 Å². The number of nitrogens with one attached hydrogen (secondary N) is 1. The lowest BCUT2D eigenvalue weighted by Crippen LogP contribution is -2.19. The van der Waals surface area contributed by atoms with Gasteiger partial charge < -0.3 is 15.3 Å². The van der Waals surface area contributed by atoms with Gasteiger partial charge >= 0.3 is 0 Å². The summed E-state index contributed by atoms with van der Waals surface area (Å²) in [7, 11) is 0. The number of hydrogen-bond donors (Lipinski definition) is 4. The largest absolute Gasteiger partial charge is 0.504 e. The van der Waals surface area contributed by atoms with E-state index >= 15 is 0 Å². The number of phenols is 3. The number of aromatic hydroxyl groups is 3. The van der Waals surface area contributed by atoms with Gasteiger partial charge in [0.1, 0.15) is 0 Å². The van der Waals surface area contributed by atoms with Crippen LogP contribution in [0.4, 0.5) is 0 Å². The van der Waals surface area contributed by atoms with Gasteiger partial charge in [-0.2, -0.15) is 5.10 Å². The number of amides is 1. The molecule has 0 saturated heterocycles. The zero-order valence-corrected chi connectivity index (χ0v) is 13.4. The fourth-order valence-corrected chi connectivity index (χ4v) is 2.06. The normalized spacial score (nSPS) is 11.3. The molecule has 0 radical (unpaired) electrons. The van der Waals surface area contributed by atoms with Crippen LogP contribution in [0.25, 0.3) is 0 Å². The molecule has 0 aliphatic carbocycles. The van der Waals surface area contributed by atoms with Gasteiger partial charge in [-0.3, -0.25) is 4.79 Å². The SMILES string of the molecule is CC(=NNC(=O)c1ccc(Cl)c(Cl)c1)c1ccc(O)c(O)c1O. The maximum absolute atomic E-state index is 12.0. The van der Waals surface area contributed by atoms with Gasteiger partial charge in [0.05, 0.1) is 15.8 Å². The summed E-state index contributed by atoms with van der Waals surface area (Å²) in [6.45, 7) is 1.51. The molecule has 0 unspecified atom stereocenters. The molecule has 0 fully saturated rings. The third-order valence-corrected chi connectivity index (χ3v) is 3.77. The summed E-state index contributed by atoms with van der Waals surface area (Å²) >= 11 is 11.6. The number of hydrogen-bond acceptors (Lipinski definition) is 5. The van der Waals surface area contributed by atoms with Gasteiger partial charge in [-0.25, -0.2) is 5.43 Å². The zero-order valence-electron chi connectivity index (χ0n) is 11.8. The minimum atomic E-state index is -0.659. The molecular formula is C15H12Cl2N2O4. The first-order chi connectivity index (χ1) is 10.8. The number of nitrogens with zero attached hydrogens (tertiary/aromatic N) is 1. The lowest BCUT2D eigenvalue weighted by Gasteiger charge is -2.08. The van der Waals surface area contributed by atoms with Gasteiger partial charge in [-0.1, -0.05) is 23.2 Å². The number of carbonyl (C=O) groups excluding carboxylic acids is 1. The molecule has 0 heterocycles. The Morgan fingerprint density at radius 2 is 1.74 bits per heavy atom. The number of benzene rings is 2. The Labute approximate surface area is 141 Å². The predicted octanol–water partition coefficient (Wildman–Crippen LogP) is 3.26. The van der Waals surface area contributed by atoms with Crippen molar-refractivity contribution in [1.29, 1.82) is 0 Å². The molecule has 6 nitrogen and oxygen atoms in total. The summed E-state index contributed by atoms with van der Waals surface area (Å²) in [5.74, 6) is -2.17. The molecule has 1 amide bonds. The standard InChI is InChI=1S/C15H12Cl2N2O4/c1-7(9-3-5-12(20)14(22)13(9)21)18-19-15(23)8-2-4-10(16)11(17)6-8/h2-6,20-22H,1H3,(H,19,23). The van der Waals surface area contributed by atoms with Crippen molar-refractivity contribution in [2.24, 2.45) is 5.10 Å². The molecule has 0 aliphatic heterocycles. The van der Waals surface area contributed by atoms with E-state index in [-0.39, 0.29) is 21.9 Å². The molecule has 0 aromatic heterocycles. The Kier molecular flexibility index (Phi) is 4.98. The highest BCUT2D eigenvalue weighted by Gasteiger charge is 2.14. The van der Waals surface area contributed by atoms with Crippen LogP contribution in [0.3, 0.4) is 0 Å². The highest BCUT2D eigenvalue weighted by molar-refractivity contribution is 6.42. The number of halogens is 2. The second-order valence-electron chi connectivity index (χ2n) is 4.60. The van der Waals surface area contributed by atoms with E-state index in [9.17, 15) is 20.1 Å². The van der Waals surface area contributed by atoms with Gasteiger partial charge in [-0.05, 0) is 37.3 Å². The maximum atomic E-state index is 12.0. The van der Waals surface area contributed by atoms with E-state index in [4.69, 9.17) is 23.2 Å². The molecule has 8 heteroatoms. The summed E-state index contributed by atoms with van der Waals surface area (Å²) in [5, 5.41) is 32.9. The second kappa shape index (κ2) is 6.76. The van der Waals surface area contributed by atoms with E-state index < -0.39 is 23.2 Å². The van der Waals surface area contributed by atoms with Crippen molar-refractivity contribution in [3.05, 3.63) is 51.5 Å². The van der Waals surface area contributed by atoms with Crippen molar-refractivity contribution in [2.75, 3.05) is 0 Å². The molecule has 0 aliphatic rings. The first-order valence-electron chi connectivity index (χ1n) is 6.35. The van der Waals surface area contributed by atoms with Crippen LogP contribution >= 0.6 is 23.2 Å². The monoisotopic (exact) mass is 354 g/mol. The van der Waals surface area contributed by atoms with E-state index in [1.54, 1.807) is 0 Å². The molecule has 0 spiro atoms. The Balaban J connectivity index is 2.20. The summed E-state index contributed by atoms with van der Waals surface area (Å²) in [6, 6.07) is 6.92. The van der Waals surface area contributed by atoms with Gasteiger partial charge in [0, 0.05) is 11.1 Å². The third kappa shape index (κ3) is 3.67. The quantitative estimate of drug-likeness (QED) is 0.386. The van der Waals surface area contributed by atoms with Crippen molar-refractivity contribution in [3.63, 3.8) is 0 Å². The zero-order chi connectivity index (χ0) is 17.1. The Morgan fingerprint density at radius 1 is 1.04 bits per heavy atom. The fourth-order valence-electron chi connectivity index (χ4n) is 1.76. The Hall–Kier alpha value is -2.44. The minimum absolute atomic E-state index is 0.162. The van der Waals surface area contributed by atoms with Crippen LogP contribution in [0.2, 0.25) is 10.0 Å². The van der Waals surface area contributed by atoms with Crippen molar-refractivity contribution in [2.45, 2.75) is 6.92 Å². The number of hydrazone groups is 1. The summed E-state index contributed by atoms with van der Waals surface area (Å²) in [5.41, 5.74) is 2.95. The first-order valence-corrected chi connectivity index (χ1v) is 7.10. The lowest BCUT2D eigenvalue weighted by molar-refractivity contribution is 0.0955. The fraction of sp³-hybridized carbons (Fsp3) is 0.0667. The van der Waals surface area contributed by atoms with Gasteiger partial charge in [0.25, 0.3) is 5.91 Å². The van der Waals surface area contributed by atoms with Crippen molar-refractivity contribution in [1.82, 2.24) is 5.43 Å². The first kappa shape index (κ1) is 16.9. The average Bonchev–Trinajstić information content (AvgIpc) is 2.52. The van der Waals surface area contributed by atoms with E-state index in [1.165, 1.54) is 37.3 Å². The molecule has 2 rings (SSSR count). The molecule has 0 atom stereocenters. The van der Waals surface area contributed by atoms with Crippen LogP contribution in [0, 0.1) is 0 Å². The molecule has 23 heavy (non-hydrogen) atoms. The average molecular weight is 355 g/mol. The van der Waals surface area contributed by atoms with E-state index in [0.29, 0.717) is 5.02 Å².